The average molecular weight is 551 g/mol. The van der Waals surface area contributed by atoms with Gasteiger partial charge in [-0.25, -0.2) is 29.2 Å². The molecule has 0 aromatic heterocycles. The highest BCUT2D eigenvalue weighted by molar-refractivity contribution is 6.29. The minimum absolute atomic E-state index is 0.0412. The van der Waals surface area contributed by atoms with E-state index in [1.807, 2.05) is 0 Å². The van der Waals surface area contributed by atoms with Crippen molar-refractivity contribution >= 4 is 35.7 Å². The molecule has 0 aliphatic carbocycles. The van der Waals surface area contributed by atoms with Crippen LogP contribution in [0.4, 0.5) is 0 Å². The third kappa shape index (κ3) is 6.85. The van der Waals surface area contributed by atoms with E-state index >= 15 is 0 Å². The summed E-state index contributed by atoms with van der Waals surface area (Å²) >= 11 is 0. The second kappa shape index (κ2) is 12.0. The highest BCUT2D eigenvalue weighted by atomic mass is 16.7. The molecule has 0 aromatic rings. The van der Waals surface area contributed by atoms with Crippen LogP contribution in [0, 0.1) is 0 Å². The molecule has 0 bridgehead atoms. The molecular formula is C27H38N2O10. The number of nitrogens with zero attached hydrogens (tertiary/aromatic N) is 2. The zero-order chi connectivity index (χ0) is 29.8. The van der Waals surface area contributed by atoms with Gasteiger partial charge in [-0.15, -0.1) is 0 Å². The molecule has 0 aromatic carbocycles. The predicted octanol–water partition coefficient (Wildman–Crippen LogP) is 2.98. The summed E-state index contributed by atoms with van der Waals surface area (Å²) in [6.45, 7) is 16.4. The van der Waals surface area contributed by atoms with Crippen LogP contribution < -0.4 is 0 Å². The van der Waals surface area contributed by atoms with Crippen molar-refractivity contribution < 1.29 is 47.6 Å². The van der Waals surface area contributed by atoms with Crippen molar-refractivity contribution in [3.05, 3.63) is 22.3 Å². The van der Waals surface area contributed by atoms with E-state index in [1.165, 1.54) is 0 Å². The van der Waals surface area contributed by atoms with Crippen molar-refractivity contribution in [1.29, 1.82) is 0 Å². The Morgan fingerprint density at radius 2 is 0.872 bits per heavy atom. The highest BCUT2D eigenvalue weighted by Gasteiger charge is 2.66. The van der Waals surface area contributed by atoms with Crippen LogP contribution in [0.2, 0.25) is 0 Å². The number of carbonyl (C=O) groups excluding carboxylic acids is 4. The van der Waals surface area contributed by atoms with Crippen LogP contribution in [0.3, 0.4) is 0 Å². The van der Waals surface area contributed by atoms with Gasteiger partial charge >= 0.3 is 29.7 Å². The van der Waals surface area contributed by atoms with Crippen molar-refractivity contribution in [2.24, 2.45) is 9.98 Å². The standard InChI is InChI=1S/C27H38N2O10/c1-11-34-21(30)15-17(23(32)36-13-3)27(38-19(15)28-25(5,6)7)18(24(33)37-14-4)16(22(31)35-12-2)20(39-27)29-26(8,9)10/h11-14H2,1-10H3. The van der Waals surface area contributed by atoms with Crippen molar-refractivity contribution in [1.82, 2.24) is 0 Å². The van der Waals surface area contributed by atoms with Gasteiger partial charge in [-0.2, -0.15) is 0 Å². The number of carbonyl (C=O) groups is 4. The lowest BCUT2D eigenvalue weighted by Gasteiger charge is -2.27. The Kier molecular flexibility index (Phi) is 9.70. The van der Waals surface area contributed by atoms with E-state index in [2.05, 4.69) is 9.98 Å². The Morgan fingerprint density at radius 3 is 1.13 bits per heavy atom. The lowest BCUT2D eigenvalue weighted by Crippen LogP contribution is -2.42. The molecule has 12 heteroatoms. The van der Waals surface area contributed by atoms with Gasteiger partial charge in [0.25, 0.3) is 0 Å². The predicted molar refractivity (Wildman–Crippen MR) is 140 cm³/mol. The average Bonchev–Trinajstić information content (AvgIpc) is 3.25. The van der Waals surface area contributed by atoms with Crippen molar-refractivity contribution in [2.75, 3.05) is 26.4 Å². The van der Waals surface area contributed by atoms with Crippen molar-refractivity contribution in [3.63, 3.8) is 0 Å². The van der Waals surface area contributed by atoms with Gasteiger partial charge in [-0.1, -0.05) is 0 Å². The zero-order valence-electron chi connectivity index (χ0n) is 24.3. The second-order valence-electron chi connectivity index (χ2n) is 10.4. The molecule has 2 aliphatic heterocycles. The molecule has 12 nitrogen and oxygen atoms in total. The summed E-state index contributed by atoms with van der Waals surface area (Å²) in [5.74, 6) is -7.23. The number of esters is 4. The van der Waals surface area contributed by atoms with Gasteiger partial charge in [0.15, 0.2) is 0 Å². The molecule has 39 heavy (non-hydrogen) atoms. The number of aliphatic imine (C=N–C) groups is 2. The van der Waals surface area contributed by atoms with Gasteiger partial charge in [0.2, 0.25) is 11.8 Å². The smallest absolute Gasteiger partial charge is 0.344 e. The first-order valence-corrected chi connectivity index (χ1v) is 12.8. The lowest BCUT2D eigenvalue weighted by molar-refractivity contribution is -0.150. The first-order valence-electron chi connectivity index (χ1n) is 12.8. The SMILES string of the molecule is CCOC(=O)C1=C(C(=O)OCC)C2(OC1=NC(C)(C)C)OC(=NC(C)(C)C)C(C(=O)OCC)=C2C(=O)OCC. The van der Waals surface area contributed by atoms with E-state index in [9.17, 15) is 19.2 Å². The second-order valence-corrected chi connectivity index (χ2v) is 10.4. The van der Waals surface area contributed by atoms with Gasteiger partial charge < -0.3 is 28.4 Å². The maximum absolute atomic E-state index is 13.5. The number of rotatable bonds is 8. The van der Waals surface area contributed by atoms with Crippen LogP contribution in [-0.2, 0) is 47.6 Å². The fourth-order valence-corrected chi connectivity index (χ4v) is 3.70. The molecule has 0 saturated carbocycles. The van der Waals surface area contributed by atoms with Gasteiger partial charge in [0.1, 0.15) is 22.3 Å². The first-order chi connectivity index (χ1) is 18.1. The maximum Gasteiger partial charge on any atom is 0.344 e. The first kappa shape index (κ1) is 31.5. The zero-order valence-corrected chi connectivity index (χ0v) is 24.3. The normalized spacial score (nSPS) is 21.3. The molecule has 2 heterocycles. The fourth-order valence-electron chi connectivity index (χ4n) is 3.70. The van der Waals surface area contributed by atoms with Gasteiger partial charge in [0.05, 0.1) is 37.5 Å². The summed E-state index contributed by atoms with van der Waals surface area (Å²) in [6, 6.07) is 0. The largest absolute Gasteiger partial charge is 0.462 e. The topological polar surface area (TPSA) is 148 Å². The van der Waals surface area contributed by atoms with Gasteiger partial charge in [-0.3, -0.25) is 0 Å². The Balaban J connectivity index is 3.15. The van der Waals surface area contributed by atoms with E-state index in [0.29, 0.717) is 0 Å². The van der Waals surface area contributed by atoms with Crippen LogP contribution in [0.25, 0.3) is 0 Å². The van der Waals surface area contributed by atoms with Crippen LogP contribution in [0.5, 0.6) is 0 Å². The minimum Gasteiger partial charge on any atom is -0.462 e. The fraction of sp³-hybridized carbons (Fsp3) is 0.630. The van der Waals surface area contributed by atoms with Crippen LogP contribution >= 0.6 is 0 Å². The van der Waals surface area contributed by atoms with E-state index in [1.54, 1.807) is 69.2 Å². The quantitative estimate of drug-likeness (QED) is 0.326. The Hall–Kier alpha value is -3.70. The molecule has 216 valence electrons. The summed E-state index contributed by atoms with van der Waals surface area (Å²) in [7, 11) is 0. The van der Waals surface area contributed by atoms with E-state index in [-0.39, 0.29) is 38.2 Å². The highest BCUT2D eigenvalue weighted by Crippen LogP contribution is 2.48. The van der Waals surface area contributed by atoms with Crippen LogP contribution in [0.1, 0.15) is 69.2 Å². The third-order valence-electron chi connectivity index (χ3n) is 4.86. The van der Waals surface area contributed by atoms with E-state index in [0.717, 1.165) is 0 Å². The van der Waals surface area contributed by atoms with Crippen molar-refractivity contribution in [3.8, 4) is 0 Å². The maximum atomic E-state index is 13.5. The molecular weight excluding hydrogens is 512 g/mol. The van der Waals surface area contributed by atoms with Gasteiger partial charge in [0, 0.05) is 0 Å². The van der Waals surface area contributed by atoms with Crippen LogP contribution in [-0.4, -0.2) is 79.0 Å². The summed E-state index contributed by atoms with van der Waals surface area (Å²) < 4.78 is 33.2. The summed E-state index contributed by atoms with van der Waals surface area (Å²) in [6.07, 6.45) is 0. The third-order valence-corrected chi connectivity index (χ3v) is 4.86. The molecule has 0 fully saturated rings. The molecule has 0 radical (unpaired) electrons. The Bertz CT molecular complexity index is 1060. The molecule has 0 atom stereocenters. The molecule has 0 N–H and O–H groups in total. The number of hydrogen-bond acceptors (Lipinski definition) is 12. The van der Waals surface area contributed by atoms with Crippen molar-refractivity contribution in [2.45, 2.75) is 86.1 Å². The summed E-state index contributed by atoms with van der Waals surface area (Å²) in [5, 5.41) is 0. The molecule has 0 amide bonds. The summed E-state index contributed by atoms with van der Waals surface area (Å²) in [4.78, 5) is 62.5. The van der Waals surface area contributed by atoms with Crippen LogP contribution in [0.15, 0.2) is 32.3 Å². The number of hydrogen-bond donors (Lipinski definition) is 0. The molecule has 2 aliphatic rings. The van der Waals surface area contributed by atoms with E-state index < -0.39 is 63.0 Å². The van der Waals surface area contributed by atoms with Gasteiger partial charge in [-0.05, 0) is 69.2 Å². The molecule has 1 spiro atoms. The molecule has 0 saturated heterocycles. The summed E-state index contributed by atoms with van der Waals surface area (Å²) in [5.41, 5.74) is -3.53. The Morgan fingerprint density at radius 1 is 0.590 bits per heavy atom. The minimum atomic E-state index is -2.50. The molecule has 2 rings (SSSR count). The Labute approximate surface area is 228 Å². The monoisotopic (exact) mass is 550 g/mol. The van der Waals surface area contributed by atoms with E-state index in [4.69, 9.17) is 28.4 Å². The number of ether oxygens (including phenoxy) is 6. The molecule has 0 unspecified atom stereocenters. The lowest BCUT2D eigenvalue weighted by atomic mass is 9.93.